The number of para-hydroxylation sites is 2. The summed E-state index contributed by atoms with van der Waals surface area (Å²) in [7, 11) is 1.67. The van der Waals surface area contributed by atoms with Gasteiger partial charge in [0.15, 0.2) is 0 Å². The third kappa shape index (κ3) is 5.17. The van der Waals surface area contributed by atoms with Gasteiger partial charge in [0.05, 0.1) is 24.5 Å². The molecule has 0 saturated carbocycles. The number of nitrogens with zero attached hydrogens (tertiary/aromatic N) is 2. The molecule has 29 heavy (non-hydrogen) atoms. The van der Waals surface area contributed by atoms with Gasteiger partial charge in [-0.25, -0.2) is 4.39 Å². The van der Waals surface area contributed by atoms with Gasteiger partial charge in [-0.05, 0) is 50.4 Å². The van der Waals surface area contributed by atoms with Crippen LogP contribution < -0.4 is 15.5 Å². The normalized spacial score (nSPS) is 16.1. The van der Waals surface area contributed by atoms with Crippen molar-refractivity contribution in [2.45, 2.75) is 19.4 Å². The summed E-state index contributed by atoms with van der Waals surface area (Å²) in [6.45, 7) is 1.81. The SMILES string of the molecule is C[C@@H]1CC(=O)Nc2ccccc2N1C(=O)CN(C)CC(=O)Nc1ccc(F)cc1. The number of carbonyl (C=O) groups excluding carboxylic acids is 3. The Kier molecular flexibility index (Phi) is 6.23. The Morgan fingerprint density at radius 3 is 2.59 bits per heavy atom. The Labute approximate surface area is 168 Å². The summed E-state index contributed by atoms with van der Waals surface area (Å²) >= 11 is 0. The van der Waals surface area contributed by atoms with E-state index in [0.717, 1.165) is 0 Å². The number of hydrogen-bond donors (Lipinski definition) is 2. The van der Waals surface area contributed by atoms with Crippen LogP contribution in [-0.4, -0.2) is 48.8 Å². The molecule has 0 spiro atoms. The summed E-state index contributed by atoms with van der Waals surface area (Å²) in [6.07, 6.45) is 0.190. The largest absolute Gasteiger partial charge is 0.325 e. The molecule has 1 heterocycles. The minimum atomic E-state index is -0.384. The quantitative estimate of drug-likeness (QED) is 0.811. The fourth-order valence-corrected chi connectivity index (χ4v) is 3.31. The lowest BCUT2D eigenvalue weighted by Gasteiger charge is -2.29. The van der Waals surface area contributed by atoms with Gasteiger partial charge in [-0.3, -0.25) is 19.3 Å². The minimum Gasteiger partial charge on any atom is -0.325 e. The van der Waals surface area contributed by atoms with E-state index in [-0.39, 0.29) is 49.1 Å². The van der Waals surface area contributed by atoms with Crippen molar-refractivity contribution in [3.05, 3.63) is 54.3 Å². The first-order chi connectivity index (χ1) is 13.8. The smallest absolute Gasteiger partial charge is 0.241 e. The maximum atomic E-state index is 13.0. The van der Waals surface area contributed by atoms with E-state index < -0.39 is 0 Å². The van der Waals surface area contributed by atoms with Crippen LogP contribution in [-0.2, 0) is 14.4 Å². The van der Waals surface area contributed by atoms with Crippen LogP contribution in [0.3, 0.4) is 0 Å². The first kappa shape index (κ1) is 20.5. The van der Waals surface area contributed by atoms with E-state index in [1.165, 1.54) is 24.3 Å². The number of anilines is 3. The highest BCUT2D eigenvalue weighted by molar-refractivity contribution is 6.05. The third-order valence-electron chi connectivity index (χ3n) is 4.57. The second-order valence-corrected chi connectivity index (χ2v) is 7.11. The van der Waals surface area contributed by atoms with Gasteiger partial charge in [0.2, 0.25) is 17.7 Å². The van der Waals surface area contributed by atoms with E-state index in [9.17, 15) is 18.8 Å². The molecule has 3 rings (SSSR count). The summed E-state index contributed by atoms with van der Waals surface area (Å²) < 4.78 is 13.0. The topological polar surface area (TPSA) is 81.8 Å². The average Bonchev–Trinajstić information content (AvgIpc) is 2.77. The molecular weight excluding hydrogens is 375 g/mol. The molecule has 152 valence electrons. The molecule has 7 nitrogen and oxygen atoms in total. The van der Waals surface area contributed by atoms with Gasteiger partial charge in [0, 0.05) is 18.2 Å². The molecule has 3 amide bonds. The lowest BCUT2D eigenvalue weighted by Crippen LogP contribution is -2.45. The molecule has 1 aliphatic heterocycles. The van der Waals surface area contributed by atoms with Crippen LogP contribution in [0.25, 0.3) is 0 Å². The van der Waals surface area contributed by atoms with Crippen molar-refractivity contribution in [2.24, 2.45) is 0 Å². The number of rotatable bonds is 5. The van der Waals surface area contributed by atoms with Crippen molar-refractivity contribution < 1.29 is 18.8 Å². The molecule has 0 bridgehead atoms. The van der Waals surface area contributed by atoms with Crippen molar-refractivity contribution >= 4 is 34.8 Å². The fraction of sp³-hybridized carbons (Fsp3) is 0.286. The van der Waals surface area contributed by atoms with E-state index in [4.69, 9.17) is 0 Å². The van der Waals surface area contributed by atoms with Gasteiger partial charge < -0.3 is 15.5 Å². The molecule has 2 aromatic carbocycles. The lowest BCUT2D eigenvalue weighted by molar-refractivity contribution is -0.121. The van der Waals surface area contributed by atoms with E-state index in [0.29, 0.717) is 17.1 Å². The zero-order chi connectivity index (χ0) is 21.0. The molecule has 0 radical (unpaired) electrons. The second kappa shape index (κ2) is 8.83. The highest BCUT2D eigenvalue weighted by atomic mass is 19.1. The van der Waals surface area contributed by atoms with E-state index in [1.54, 1.807) is 35.0 Å². The zero-order valence-electron chi connectivity index (χ0n) is 16.3. The van der Waals surface area contributed by atoms with Gasteiger partial charge in [-0.15, -0.1) is 0 Å². The van der Waals surface area contributed by atoms with Crippen LogP contribution in [0.4, 0.5) is 21.5 Å². The summed E-state index contributed by atoms with van der Waals surface area (Å²) in [5.74, 6) is -1.05. The zero-order valence-corrected chi connectivity index (χ0v) is 16.3. The molecule has 0 unspecified atom stereocenters. The van der Waals surface area contributed by atoms with Crippen LogP contribution in [0.15, 0.2) is 48.5 Å². The number of halogens is 1. The van der Waals surface area contributed by atoms with Crippen molar-refractivity contribution in [3.63, 3.8) is 0 Å². The Morgan fingerprint density at radius 2 is 1.86 bits per heavy atom. The first-order valence-corrected chi connectivity index (χ1v) is 9.28. The Bertz CT molecular complexity index is 916. The molecule has 1 atom stereocenters. The minimum absolute atomic E-state index is 0.00367. The number of hydrogen-bond acceptors (Lipinski definition) is 4. The van der Waals surface area contributed by atoms with Gasteiger partial charge in [-0.2, -0.15) is 0 Å². The first-order valence-electron chi connectivity index (χ1n) is 9.28. The van der Waals surface area contributed by atoms with Crippen LogP contribution in [0.5, 0.6) is 0 Å². The van der Waals surface area contributed by atoms with Gasteiger partial charge in [0.25, 0.3) is 0 Å². The number of amides is 3. The van der Waals surface area contributed by atoms with Crippen molar-refractivity contribution in [1.29, 1.82) is 0 Å². The second-order valence-electron chi connectivity index (χ2n) is 7.11. The van der Waals surface area contributed by atoms with Crippen molar-refractivity contribution in [2.75, 3.05) is 35.7 Å². The van der Waals surface area contributed by atoms with E-state index in [1.807, 2.05) is 13.0 Å². The molecule has 0 fully saturated rings. The van der Waals surface area contributed by atoms with Crippen LogP contribution in [0, 0.1) is 5.82 Å². The predicted octanol–water partition coefficient (Wildman–Crippen LogP) is 2.46. The Balaban J connectivity index is 1.64. The van der Waals surface area contributed by atoms with E-state index >= 15 is 0 Å². The van der Waals surface area contributed by atoms with Crippen molar-refractivity contribution in [3.8, 4) is 0 Å². The Morgan fingerprint density at radius 1 is 1.17 bits per heavy atom. The third-order valence-corrected chi connectivity index (χ3v) is 4.57. The van der Waals surface area contributed by atoms with Gasteiger partial charge >= 0.3 is 0 Å². The molecule has 0 saturated heterocycles. The molecule has 2 aromatic rings. The number of fused-ring (bicyclic) bond motifs is 1. The summed E-state index contributed by atoms with van der Waals surface area (Å²) in [4.78, 5) is 40.4. The fourth-order valence-electron chi connectivity index (χ4n) is 3.31. The molecule has 2 N–H and O–H groups in total. The van der Waals surface area contributed by atoms with Crippen LogP contribution in [0.1, 0.15) is 13.3 Å². The van der Waals surface area contributed by atoms with Gasteiger partial charge in [-0.1, -0.05) is 12.1 Å². The maximum Gasteiger partial charge on any atom is 0.241 e. The summed E-state index contributed by atoms with van der Waals surface area (Å²) in [6, 6.07) is 12.3. The average molecular weight is 398 g/mol. The lowest BCUT2D eigenvalue weighted by atomic mass is 10.1. The molecule has 0 aromatic heterocycles. The molecule has 8 heteroatoms. The monoisotopic (exact) mass is 398 g/mol. The highest BCUT2D eigenvalue weighted by Gasteiger charge is 2.30. The molecule has 1 aliphatic rings. The van der Waals surface area contributed by atoms with Crippen LogP contribution >= 0.6 is 0 Å². The number of benzene rings is 2. The van der Waals surface area contributed by atoms with Crippen molar-refractivity contribution in [1.82, 2.24) is 4.90 Å². The number of likely N-dealkylation sites (N-methyl/N-ethyl adjacent to an activating group) is 1. The summed E-state index contributed by atoms with van der Waals surface area (Å²) in [5, 5.41) is 5.48. The highest BCUT2D eigenvalue weighted by Crippen LogP contribution is 2.31. The van der Waals surface area contributed by atoms with Crippen LogP contribution in [0.2, 0.25) is 0 Å². The molecule has 0 aliphatic carbocycles. The molecular formula is C21H23FN4O3. The standard InChI is InChI=1S/C21H23FN4O3/c1-14-11-19(27)24-17-5-3-4-6-18(17)26(14)21(29)13-25(2)12-20(28)23-16-9-7-15(22)8-10-16/h3-10,14H,11-13H2,1-2H3,(H,23,28)(H,24,27)/t14-/m1/s1. The van der Waals surface area contributed by atoms with E-state index in [2.05, 4.69) is 10.6 Å². The number of nitrogens with one attached hydrogen (secondary N) is 2. The van der Waals surface area contributed by atoms with Gasteiger partial charge in [0.1, 0.15) is 5.82 Å². The maximum absolute atomic E-state index is 13.0. The Hall–Kier alpha value is -3.26. The number of carbonyl (C=O) groups is 3. The summed E-state index contributed by atoms with van der Waals surface area (Å²) in [5.41, 5.74) is 1.71. The predicted molar refractivity (Wildman–Crippen MR) is 109 cm³/mol.